The lowest BCUT2D eigenvalue weighted by Gasteiger charge is -2.09. The van der Waals surface area contributed by atoms with E-state index in [-0.39, 0.29) is 0 Å². The van der Waals surface area contributed by atoms with Gasteiger partial charge in [-0.15, -0.1) is 11.3 Å². The third kappa shape index (κ3) is 1.79. The second kappa shape index (κ2) is 4.69. The Balaban J connectivity index is 1.99. The Labute approximate surface area is 121 Å². The summed E-state index contributed by atoms with van der Waals surface area (Å²) in [5, 5.41) is 2.09. The fourth-order valence-corrected chi connectivity index (χ4v) is 3.35. The molecule has 1 aliphatic rings. The molecule has 0 radical (unpaired) electrons. The van der Waals surface area contributed by atoms with Gasteiger partial charge in [-0.05, 0) is 23.4 Å². The van der Waals surface area contributed by atoms with E-state index >= 15 is 0 Å². The molecule has 0 spiro atoms. The minimum Gasteiger partial charge on any atom is -0.252 e. The number of rotatable bonds is 2. The van der Waals surface area contributed by atoms with Crippen LogP contribution in [0.15, 0.2) is 60.3 Å². The highest BCUT2D eigenvalue weighted by molar-refractivity contribution is 7.13. The first-order valence-electron chi connectivity index (χ1n) is 6.57. The number of benzene rings is 1. The van der Waals surface area contributed by atoms with Gasteiger partial charge in [0, 0.05) is 28.4 Å². The van der Waals surface area contributed by atoms with Crippen molar-refractivity contribution in [3.8, 4) is 10.4 Å². The Bertz CT molecular complexity index is 829. The second-order valence-corrected chi connectivity index (χ2v) is 5.66. The summed E-state index contributed by atoms with van der Waals surface area (Å²) in [5.74, 6) is 0. The molecule has 0 N–H and O–H groups in total. The Morgan fingerprint density at radius 3 is 2.45 bits per heavy atom. The van der Waals surface area contributed by atoms with Gasteiger partial charge >= 0.3 is 0 Å². The number of aromatic nitrogens is 2. The summed E-state index contributed by atoms with van der Waals surface area (Å²) >= 11 is 1.73. The number of hydrogen-bond donors (Lipinski definition) is 0. The zero-order valence-electron chi connectivity index (χ0n) is 10.8. The molecule has 0 fully saturated rings. The monoisotopic (exact) mass is 276 g/mol. The van der Waals surface area contributed by atoms with E-state index in [2.05, 4.69) is 57.8 Å². The second-order valence-electron chi connectivity index (χ2n) is 4.72. The molecule has 1 aliphatic carbocycles. The molecular weight excluding hydrogens is 264 g/mol. The van der Waals surface area contributed by atoms with Crippen molar-refractivity contribution in [1.82, 2.24) is 9.97 Å². The molecule has 1 aromatic carbocycles. The third-order valence-corrected chi connectivity index (χ3v) is 4.43. The summed E-state index contributed by atoms with van der Waals surface area (Å²) in [7, 11) is 0. The van der Waals surface area contributed by atoms with E-state index in [4.69, 9.17) is 0 Å². The highest BCUT2D eigenvalue weighted by Crippen LogP contribution is 2.35. The van der Waals surface area contributed by atoms with Crippen LogP contribution in [0.5, 0.6) is 0 Å². The molecule has 2 heterocycles. The predicted octanol–water partition coefficient (Wildman–Crippen LogP) is 4.70. The minimum absolute atomic E-state index is 0.976. The molecule has 3 aromatic rings. The molecule has 0 amide bonds. The molecule has 20 heavy (non-hydrogen) atoms. The van der Waals surface area contributed by atoms with Gasteiger partial charge in [-0.3, -0.25) is 9.97 Å². The molecule has 0 unspecified atom stereocenters. The quantitative estimate of drug-likeness (QED) is 0.678. The maximum atomic E-state index is 4.57. The van der Waals surface area contributed by atoms with Crippen LogP contribution in [0, 0.1) is 0 Å². The van der Waals surface area contributed by atoms with Crippen molar-refractivity contribution >= 4 is 27.9 Å². The van der Waals surface area contributed by atoms with E-state index in [1.165, 1.54) is 21.6 Å². The molecule has 0 aliphatic heterocycles. The maximum absolute atomic E-state index is 4.57. The topological polar surface area (TPSA) is 25.8 Å². The Kier molecular flexibility index (Phi) is 2.71. The molecule has 96 valence electrons. The van der Waals surface area contributed by atoms with Crippen LogP contribution < -0.4 is 0 Å². The highest BCUT2D eigenvalue weighted by Gasteiger charge is 2.13. The van der Waals surface area contributed by atoms with Gasteiger partial charge < -0.3 is 0 Å². The summed E-state index contributed by atoms with van der Waals surface area (Å²) in [6, 6.07) is 8.53. The van der Waals surface area contributed by atoms with Gasteiger partial charge in [0.25, 0.3) is 0 Å². The average Bonchev–Trinajstić information content (AvgIpc) is 3.19. The standard InChI is InChI=1S/C17H12N2S/c1-2-5-12(4-1)13-7-8-14(15-6-3-11-20-15)17-16(13)18-9-10-19-17/h1-4,6-11H,5H2. The largest absolute Gasteiger partial charge is 0.252 e. The smallest absolute Gasteiger partial charge is 0.0979 e. The minimum atomic E-state index is 0.976. The molecule has 2 nitrogen and oxygen atoms in total. The van der Waals surface area contributed by atoms with Crippen molar-refractivity contribution in [2.24, 2.45) is 0 Å². The van der Waals surface area contributed by atoms with Crippen molar-refractivity contribution in [2.75, 3.05) is 0 Å². The maximum Gasteiger partial charge on any atom is 0.0979 e. The van der Waals surface area contributed by atoms with Crippen LogP contribution in [-0.4, -0.2) is 9.97 Å². The average molecular weight is 276 g/mol. The predicted molar refractivity (Wildman–Crippen MR) is 84.6 cm³/mol. The Morgan fingerprint density at radius 1 is 0.950 bits per heavy atom. The Hall–Kier alpha value is -2.26. The van der Waals surface area contributed by atoms with Crippen LogP contribution in [0.4, 0.5) is 0 Å². The van der Waals surface area contributed by atoms with E-state index < -0.39 is 0 Å². The zero-order chi connectivity index (χ0) is 13.4. The fourth-order valence-electron chi connectivity index (χ4n) is 2.59. The number of nitrogens with zero attached hydrogens (tertiary/aromatic N) is 2. The molecule has 3 heteroatoms. The lowest BCUT2D eigenvalue weighted by atomic mass is 10.00. The summed E-state index contributed by atoms with van der Waals surface area (Å²) in [4.78, 5) is 10.4. The van der Waals surface area contributed by atoms with Gasteiger partial charge in [-0.1, -0.05) is 36.4 Å². The molecule has 2 aromatic heterocycles. The van der Waals surface area contributed by atoms with Crippen molar-refractivity contribution in [1.29, 1.82) is 0 Å². The first-order valence-corrected chi connectivity index (χ1v) is 7.45. The van der Waals surface area contributed by atoms with Crippen LogP contribution in [0.25, 0.3) is 27.0 Å². The van der Waals surface area contributed by atoms with Crippen LogP contribution in [0.2, 0.25) is 0 Å². The Morgan fingerprint density at radius 2 is 1.75 bits per heavy atom. The molecule has 0 bridgehead atoms. The van der Waals surface area contributed by atoms with Crippen molar-refractivity contribution in [3.05, 3.63) is 65.8 Å². The summed E-state index contributed by atoms with van der Waals surface area (Å²) in [5.41, 5.74) is 5.65. The zero-order valence-corrected chi connectivity index (χ0v) is 11.6. The molecular formula is C17H12N2S. The van der Waals surface area contributed by atoms with E-state index in [9.17, 15) is 0 Å². The highest BCUT2D eigenvalue weighted by atomic mass is 32.1. The van der Waals surface area contributed by atoms with E-state index in [1.807, 2.05) is 0 Å². The number of thiophene rings is 1. The van der Waals surface area contributed by atoms with Crippen LogP contribution in [0.1, 0.15) is 12.0 Å². The van der Waals surface area contributed by atoms with Crippen molar-refractivity contribution < 1.29 is 0 Å². The van der Waals surface area contributed by atoms with E-state index in [0.29, 0.717) is 0 Å². The van der Waals surface area contributed by atoms with Gasteiger partial charge in [-0.2, -0.15) is 0 Å². The van der Waals surface area contributed by atoms with E-state index in [0.717, 1.165) is 17.5 Å². The first kappa shape index (κ1) is 11.6. The van der Waals surface area contributed by atoms with Crippen molar-refractivity contribution in [2.45, 2.75) is 6.42 Å². The lowest BCUT2D eigenvalue weighted by Crippen LogP contribution is -1.92. The fraction of sp³-hybridized carbons (Fsp3) is 0.0588. The number of allylic oxidation sites excluding steroid dienone is 4. The summed E-state index contributed by atoms with van der Waals surface area (Å²) in [6.45, 7) is 0. The van der Waals surface area contributed by atoms with Gasteiger partial charge in [0.2, 0.25) is 0 Å². The number of fused-ring (bicyclic) bond motifs is 1. The van der Waals surface area contributed by atoms with Crippen molar-refractivity contribution in [3.63, 3.8) is 0 Å². The lowest BCUT2D eigenvalue weighted by molar-refractivity contribution is 1.28. The molecule has 0 atom stereocenters. The van der Waals surface area contributed by atoms with Gasteiger partial charge in [0.1, 0.15) is 0 Å². The summed E-state index contributed by atoms with van der Waals surface area (Å²) in [6.07, 6.45) is 10.9. The first-order chi connectivity index (χ1) is 9.93. The number of hydrogen-bond acceptors (Lipinski definition) is 3. The molecule has 0 saturated carbocycles. The molecule has 4 rings (SSSR count). The molecule has 0 saturated heterocycles. The van der Waals surface area contributed by atoms with Crippen LogP contribution in [-0.2, 0) is 0 Å². The normalized spacial score (nSPS) is 13.9. The van der Waals surface area contributed by atoms with E-state index in [1.54, 1.807) is 23.7 Å². The summed E-state index contributed by atoms with van der Waals surface area (Å²) < 4.78 is 0. The van der Waals surface area contributed by atoms with Crippen LogP contribution >= 0.6 is 11.3 Å². The third-order valence-electron chi connectivity index (χ3n) is 3.53. The van der Waals surface area contributed by atoms with Gasteiger partial charge in [0.15, 0.2) is 0 Å². The van der Waals surface area contributed by atoms with Crippen LogP contribution in [0.3, 0.4) is 0 Å². The van der Waals surface area contributed by atoms with Gasteiger partial charge in [-0.25, -0.2) is 0 Å². The van der Waals surface area contributed by atoms with Gasteiger partial charge in [0.05, 0.1) is 11.0 Å². The SMILES string of the molecule is C1=CCC(c2ccc(-c3cccs3)c3nccnc23)=C1.